The highest BCUT2D eigenvalue weighted by atomic mass is 19.2. The molecule has 0 spiro atoms. The highest BCUT2D eigenvalue weighted by Crippen LogP contribution is 2.25. The van der Waals surface area contributed by atoms with Crippen molar-refractivity contribution in [2.75, 3.05) is 11.9 Å². The summed E-state index contributed by atoms with van der Waals surface area (Å²) in [7, 11) is 0. The second kappa shape index (κ2) is 4.24. The zero-order valence-corrected chi connectivity index (χ0v) is 9.44. The van der Waals surface area contributed by atoms with Crippen LogP contribution < -0.4 is 5.32 Å². The number of halogens is 3. The third-order valence-corrected chi connectivity index (χ3v) is 2.48. The van der Waals surface area contributed by atoms with E-state index in [4.69, 9.17) is 0 Å². The van der Waals surface area contributed by atoms with E-state index in [1.807, 2.05) is 6.92 Å². The number of nitrogens with zero attached hydrogens (tertiary/aromatic N) is 1. The van der Waals surface area contributed by atoms with Gasteiger partial charge in [-0.15, -0.1) is 0 Å². The standard InChI is InChI=1S/C12H11F3N2/c1-3-16-12-6(2)4-7-5-8(13)9(14)10(15)11(7)17-12/h4-5H,3H2,1-2H3,(H,16,17). The fourth-order valence-corrected chi connectivity index (χ4v) is 1.68. The molecule has 0 radical (unpaired) electrons. The summed E-state index contributed by atoms with van der Waals surface area (Å²) in [6, 6.07) is 2.52. The van der Waals surface area contributed by atoms with Crippen molar-refractivity contribution in [3.8, 4) is 0 Å². The lowest BCUT2D eigenvalue weighted by Crippen LogP contribution is -2.03. The lowest BCUT2D eigenvalue weighted by Gasteiger charge is -2.09. The average molecular weight is 240 g/mol. The number of pyridine rings is 1. The Morgan fingerprint density at radius 2 is 1.88 bits per heavy atom. The summed E-state index contributed by atoms with van der Waals surface area (Å²) in [5.74, 6) is -3.47. The van der Waals surface area contributed by atoms with Crippen LogP contribution in [0.2, 0.25) is 0 Å². The van der Waals surface area contributed by atoms with Gasteiger partial charge in [-0.05, 0) is 31.5 Å². The van der Waals surface area contributed by atoms with E-state index in [0.717, 1.165) is 11.6 Å². The molecule has 0 bridgehead atoms. The van der Waals surface area contributed by atoms with E-state index in [0.29, 0.717) is 12.4 Å². The summed E-state index contributed by atoms with van der Waals surface area (Å²) in [6.45, 7) is 4.25. The Hall–Kier alpha value is -1.78. The highest BCUT2D eigenvalue weighted by Gasteiger charge is 2.15. The summed E-state index contributed by atoms with van der Waals surface area (Å²) in [6.07, 6.45) is 0. The molecular formula is C12H11F3N2. The maximum atomic E-state index is 13.5. The minimum absolute atomic E-state index is 0.162. The van der Waals surface area contributed by atoms with Gasteiger partial charge >= 0.3 is 0 Å². The van der Waals surface area contributed by atoms with Gasteiger partial charge in [0.1, 0.15) is 11.3 Å². The van der Waals surface area contributed by atoms with Gasteiger partial charge in [0.2, 0.25) is 0 Å². The zero-order chi connectivity index (χ0) is 12.6. The van der Waals surface area contributed by atoms with Crippen molar-refractivity contribution in [1.82, 2.24) is 4.98 Å². The fourth-order valence-electron chi connectivity index (χ4n) is 1.68. The Morgan fingerprint density at radius 1 is 1.18 bits per heavy atom. The SMILES string of the molecule is CCNc1nc2c(F)c(F)c(F)cc2cc1C. The van der Waals surface area contributed by atoms with Crippen LogP contribution in [-0.2, 0) is 0 Å². The molecule has 0 atom stereocenters. The van der Waals surface area contributed by atoms with Gasteiger partial charge in [0.25, 0.3) is 0 Å². The predicted molar refractivity (Wildman–Crippen MR) is 60.5 cm³/mol. The van der Waals surface area contributed by atoms with E-state index in [2.05, 4.69) is 10.3 Å². The molecule has 0 fully saturated rings. The Labute approximate surface area is 96.5 Å². The molecule has 1 N–H and O–H groups in total. The van der Waals surface area contributed by atoms with Crippen molar-refractivity contribution >= 4 is 16.7 Å². The molecule has 0 amide bonds. The molecule has 2 rings (SSSR count). The van der Waals surface area contributed by atoms with Crippen LogP contribution in [-0.4, -0.2) is 11.5 Å². The highest BCUT2D eigenvalue weighted by molar-refractivity contribution is 5.82. The minimum atomic E-state index is -1.49. The monoisotopic (exact) mass is 240 g/mol. The van der Waals surface area contributed by atoms with Crippen LogP contribution in [0.1, 0.15) is 12.5 Å². The van der Waals surface area contributed by atoms with Crippen molar-refractivity contribution in [3.63, 3.8) is 0 Å². The Balaban J connectivity index is 2.75. The van der Waals surface area contributed by atoms with Gasteiger partial charge in [-0.3, -0.25) is 0 Å². The van der Waals surface area contributed by atoms with Gasteiger partial charge in [-0.1, -0.05) is 0 Å². The summed E-state index contributed by atoms with van der Waals surface area (Å²) in [4.78, 5) is 3.97. The topological polar surface area (TPSA) is 24.9 Å². The van der Waals surface area contributed by atoms with Crippen LogP contribution in [0.3, 0.4) is 0 Å². The molecule has 0 saturated heterocycles. The van der Waals surface area contributed by atoms with Gasteiger partial charge in [0.05, 0.1) is 0 Å². The van der Waals surface area contributed by atoms with Crippen molar-refractivity contribution < 1.29 is 13.2 Å². The van der Waals surface area contributed by atoms with E-state index in [1.165, 1.54) is 0 Å². The smallest absolute Gasteiger partial charge is 0.196 e. The Morgan fingerprint density at radius 3 is 2.53 bits per heavy atom. The first kappa shape index (κ1) is 11.7. The average Bonchev–Trinajstić information content (AvgIpc) is 2.29. The molecule has 1 aromatic carbocycles. The summed E-state index contributed by atoms with van der Waals surface area (Å²) in [5, 5.41) is 3.19. The lowest BCUT2D eigenvalue weighted by atomic mass is 10.1. The number of fused-ring (bicyclic) bond motifs is 1. The Bertz CT molecular complexity index is 582. The van der Waals surface area contributed by atoms with Gasteiger partial charge < -0.3 is 5.32 Å². The van der Waals surface area contributed by atoms with Crippen molar-refractivity contribution in [3.05, 3.63) is 35.1 Å². The first-order valence-electron chi connectivity index (χ1n) is 5.23. The molecule has 0 unspecified atom stereocenters. The molecule has 17 heavy (non-hydrogen) atoms. The molecule has 5 heteroatoms. The quantitative estimate of drug-likeness (QED) is 0.814. The maximum absolute atomic E-state index is 13.5. The minimum Gasteiger partial charge on any atom is -0.370 e. The molecule has 2 nitrogen and oxygen atoms in total. The van der Waals surface area contributed by atoms with E-state index in [-0.39, 0.29) is 10.9 Å². The third kappa shape index (κ3) is 1.92. The van der Waals surface area contributed by atoms with E-state index >= 15 is 0 Å². The Kier molecular flexibility index (Phi) is 2.92. The van der Waals surface area contributed by atoms with Gasteiger partial charge in [-0.2, -0.15) is 0 Å². The summed E-state index contributed by atoms with van der Waals surface area (Å²) >= 11 is 0. The van der Waals surface area contributed by atoms with Gasteiger partial charge in [0.15, 0.2) is 17.5 Å². The van der Waals surface area contributed by atoms with Crippen LogP contribution in [0.15, 0.2) is 12.1 Å². The summed E-state index contributed by atoms with van der Waals surface area (Å²) < 4.78 is 39.6. The number of anilines is 1. The number of aryl methyl sites for hydroxylation is 1. The van der Waals surface area contributed by atoms with E-state index < -0.39 is 17.5 Å². The predicted octanol–water partition coefficient (Wildman–Crippen LogP) is 3.39. The van der Waals surface area contributed by atoms with Crippen molar-refractivity contribution in [1.29, 1.82) is 0 Å². The first-order chi connectivity index (χ1) is 8.04. The number of nitrogens with one attached hydrogen (secondary N) is 1. The van der Waals surface area contributed by atoms with E-state index in [9.17, 15) is 13.2 Å². The molecule has 0 aliphatic carbocycles. The molecule has 1 heterocycles. The van der Waals surface area contributed by atoms with Crippen LogP contribution in [0, 0.1) is 24.4 Å². The molecule has 0 aliphatic rings. The van der Waals surface area contributed by atoms with Gasteiger partial charge in [-0.25, -0.2) is 18.2 Å². The van der Waals surface area contributed by atoms with E-state index in [1.54, 1.807) is 13.0 Å². The molecule has 0 aliphatic heterocycles. The number of hydrogen-bond donors (Lipinski definition) is 1. The zero-order valence-electron chi connectivity index (χ0n) is 9.44. The van der Waals surface area contributed by atoms with Crippen LogP contribution in [0.5, 0.6) is 0 Å². The molecule has 90 valence electrons. The fraction of sp³-hybridized carbons (Fsp3) is 0.250. The first-order valence-corrected chi connectivity index (χ1v) is 5.23. The van der Waals surface area contributed by atoms with Crippen LogP contribution in [0.25, 0.3) is 10.9 Å². The number of benzene rings is 1. The van der Waals surface area contributed by atoms with Crippen molar-refractivity contribution in [2.45, 2.75) is 13.8 Å². The molecule has 2 aromatic rings. The van der Waals surface area contributed by atoms with Crippen molar-refractivity contribution in [2.24, 2.45) is 0 Å². The summed E-state index contributed by atoms with van der Waals surface area (Å²) in [5.41, 5.74) is 0.593. The number of aromatic nitrogens is 1. The molecule has 0 saturated carbocycles. The lowest BCUT2D eigenvalue weighted by molar-refractivity contribution is 0.452. The molecular weight excluding hydrogens is 229 g/mol. The number of hydrogen-bond acceptors (Lipinski definition) is 2. The van der Waals surface area contributed by atoms with Gasteiger partial charge in [0, 0.05) is 11.9 Å². The molecule has 1 aromatic heterocycles. The second-order valence-electron chi connectivity index (χ2n) is 3.74. The number of rotatable bonds is 2. The van der Waals surface area contributed by atoms with Crippen LogP contribution in [0.4, 0.5) is 19.0 Å². The second-order valence-corrected chi connectivity index (χ2v) is 3.74. The largest absolute Gasteiger partial charge is 0.370 e. The normalized spacial score (nSPS) is 10.9. The maximum Gasteiger partial charge on any atom is 0.196 e. The third-order valence-electron chi connectivity index (χ3n) is 2.48. The van der Waals surface area contributed by atoms with Crippen LogP contribution >= 0.6 is 0 Å².